The lowest BCUT2D eigenvalue weighted by Gasteiger charge is -2.07. The second kappa shape index (κ2) is 5.86. The zero-order chi connectivity index (χ0) is 13.8. The lowest BCUT2D eigenvalue weighted by atomic mass is 10.3. The SMILES string of the molecule is O=C(O)c1nc(COc2ccccc2Cl)ncc1Cl. The summed E-state index contributed by atoms with van der Waals surface area (Å²) in [4.78, 5) is 18.6. The topological polar surface area (TPSA) is 72.3 Å². The summed E-state index contributed by atoms with van der Waals surface area (Å²) in [5.41, 5.74) is -0.255. The molecule has 1 N–H and O–H groups in total. The standard InChI is InChI=1S/C12H8Cl2N2O3/c13-7-3-1-2-4-9(7)19-6-10-15-5-8(14)11(16-10)12(17)18/h1-5H,6H2,(H,17,18). The maximum Gasteiger partial charge on any atom is 0.356 e. The number of ether oxygens (including phenoxy) is 1. The lowest BCUT2D eigenvalue weighted by Crippen LogP contribution is -2.08. The summed E-state index contributed by atoms with van der Waals surface area (Å²) in [6.45, 7) is 0.00117. The van der Waals surface area contributed by atoms with Crippen molar-refractivity contribution in [2.75, 3.05) is 0 Å². The number of carboxylic acids is 1. The molecular formula is C12H8Cl2N2O3. The predicted octanol–water partition coefficient (Wildman–Crippen LogP) is 3.06. The molecule has 0 fully saturated rings. The number of para-hydroxylation sites is 1. The summed E-state index contributed by atoms with van der Waals surface area (Å²) in [5.74, 6) is -0.535. The summed E-state index contributed by atoms with van der Waals surface area (Å²) in [6, 6.07) is 6.92. The molecule has 0 radical (unpaired) electrons. The number of nitrogens with zero attached hydrogens (tertiary/aromatic N) is 2. The molecule has 7 heteroatoms. The number of halogens is 2. The zero-order valence-electron chi connectivity index (χ0n) is 9.51. The molecule has 1 aromatic heterocycles. The van der Waals surface area contributed by atoms with Crippen LogP contribution in [0.25, 0.3) is 0 Å². The summed E-state index contributed by atoms with van der Waals surface area (Å²) >= 11 is 11.6. The second-order valence-electron chi connectivity index (χ2n) is 3.51. The van der Waals surface area contributed by atoms with Gasteiger partial charge in [0.2, 0.25) is 0 Å². The van der Waals surface area contributed by atoms with Crippen molar-refractivity contribution in [2.45, 2.75) is 6.61 Å². The van der Waals surface area contributed by atoms with Crippen molar-refractivity contribution in [1.82, 2.24) is 9.97 Å². The van der Waals surface area contributed by atoms with Gasteiger partial charge in [0.05, 0.1) is 16.2 Å². The van der Waals surface area contributed by atoms with Crippen molar-refractivity contribution in [1.29, 1.82) is 0 Å². The number of aromatic carboxylic acids is 1. The fourth-order valence-electron chi connectivity index (χ4n) is 1.33. The van der Waals surface area contributed by atoms with Crippen molar-refractivity contribution in [3.8, 4) is 5.75 Å². The molecule has 0 aliphatic carbocycles. The number of hydrogen-bond acceptors (Lipinski definition) is 4. The molecule has 2 rings (SSSR count). The number of carboxylic acid groups (broad SMARTS) is 1. The molecule has 98 valence electrons. The van der Waals surface area contributed by atoms with Gasteiger partial charge in [0.1, 0.15) is 12.4 Å². The fraction of sp³-hybridized carbons (Fsp3) is 0.0833. The van der Waals surface area contributed by atoms with Gasteiger partial charge < -0.3 is 9.84 Å². The van der Waals surface area contributed by atoms with Crippen molar-refractivity contribution >= 4 is 29.2 Å². The lowest BCUT2D eigenvalue weighted by molar-refractivity contribution is 0.0689. The molecule has 0 saturated heterocycles. The van der Waals surface area contributed by atoms with Gasteiger partial charge in [0.25, 0.3) is 0 Å². The van der Waals surface area contributed by atoms with Gasteiger partial charge in [-0.15, -0.1) is 0 Å². The first-order valence-corrected chi connectivity index (χ1v) is 5.95. The van der Waals surface area contributed by atoms with Crippen LogP contribution in [0.15, 0.2) is 30.5 Å². The zero-order valence-corrected chi connectivity index (χ0v) is 11.0. The maximum absolute atomic E-state index is 10.9. The quantitative estimate of drug-likeness (QED) is 0.939. The van der Waals surface area contributed by atoms with E-state index in [1.165, 1.54) is 6.20 Å². The minimum absolute atomic E-state index is 0.00117. The van der Waals surface area contributed by atoms with Crippen LogP contribution < -0.4 is 4.74 Å². The Kier molecular flexibility index (Phi) is 4.19. The monoisotopic (exact) mass is 298 g/mol. The van der Waals surface area contributed by atoms with Gasteiger partial charge in [0, 0.05) is 0 Å². The van der Waals surface area contributed by atoms with Crippen LogP contribution >= 0.6 is 23.2 Å². The minimum Gasteiger partial charge on any atom is -0.484 e. The van der Waals surface area contributed by atoms with E-state index in [9.17, 15) is 4.79 Å². The van der Waals surface area contributed by atoms with Gasteiger partial charge in [0.15, 0.2) is 11.5 Å². The van der Waals surface area contributed by atoms with Gasteiger partial charge in [-0.1, -0.05) is 35.3 Å². The normalized spacial score (nSPS) is 10.2. The first kappa shape index (κ1) is 13.6. The van der Waals surface area contributed by atoms with E-state index in [0.29, 0.717) is 10.8 Å². The third-order valence-corrected chi connectivity index (χ3v) is 2.78. The van der Waals surface area contributed by atoms with E-state index < -0.39 is 5.97 Å². The fourth-order valence-corrected chi connectivity index (χ4v) is 1.69. The van der Waals surface area contributed by atoms with Gasteiger partial charge in [-0.25, -0.2) is 14.8 Å². The Labute approximate surface area is 118 Å². The highest BCUT2D eigenvalue weighted by atomic mass is 35.5. The molecule has 0 bridgehead atoms. The Hall–Kier alpha value is -1.85. The average molecular weight is 299 g/mol. The van der Waals surface area contributed by atoms with Gasteiger partial charge in [-0.2, -0.15) is 0 Å². The highest BCUT2D eigenvalue weighted by Gasteiger charge is 2.13. The minimum atomic E-state index is -1.22. The summed E-state index contributed by atoms with van der Waals surface area (Å²) in [6.07, 6.45) is 1.23. The van der Waals surface area contributed by atoms with E-state index in [1.807, 2.05) is 0 Å². The molecule has 19 heavy (non-hydrogen) atoms. The molecule has 0 saturated carbocycles. The summed E-state index contributed by atoms with van der Waals surface area (Å²) in [7, 11) is 0. The Bertz CT molecular complexity index is 620. The van der Waals surface area contributed by atoms with Crippen LogP contribution in [0.1, 0.15) is 16.3 Å². The summed E-state index contributed by atoms with van der Waals surface area (Å²) in [5, 5.41) is 9.32. The van der Waals surface area contributed by atoms with E-state index in [2.05, 4.69) is 9.97 Å². The Morgan fingerprint density at radius 3 is 2.68 bits per heavy atom. The van der Waals surface area contributed by atoms with Gasteiger partial charge >= 0.3 is 5.97 Å². The second-order valence-corrected chi connectivity index (χ2v) is 4.32. The highest BCUT2D eigenvalue weighted by molar-refractivity contribution is 6.33. The van der Waals surface area contributed by atoms with Crippen molar-refractivity contribution in [3.05, 3.63) is 52.0 Å². The Balaban J connectivity index is 2.14. The van der Waals surface area contributed by atoms with Crippen LogP contribution in [-0.4, -0.2) is 21.0 Å². The molecule has 1 aromatic carbocycles. The summed E-state index contributed by atoms with van der Waals surface area (Å²) < 4.78 is 5.40. The van der Waals surface area contributed by atoms with Crippen molar-refractivity contribution in [2.24, 2.45) is 0 Å². The van der Waals surface area contributed by atoms with Crippen LogP contribution in [0.3, 0.4) is 0 Å². The smallest absolute Gasteiger partial charge is 0.356 e. The molecule has 0 aliphatic rings. The Morgan fingerprint density at radius 1 is 1.26 bits per heavy atom. The van der Waals surface area contributed by atoms with Crippen molar-refractivity contribution in [3.63, 3.8) is 0 Å². The molecule has 0 spiro atoms. The molecule has 0 unspecified atom stereocenters. The highest BCUT2D eigenvalue weighted by Crippen LogP contribution is 2.23. The average Bonchev–Trinajstić information content (AvgIpc) is 2.39. The Morgan fingerprint density at radius 2 is 2.00 bits per heavy atom. The molecule has 1 heterocycles. The number of rotatable bonds is 4. The maximum atomic E-state index is 10.9. The van der Waals surface area contributed by atoms with E-state index >= 15 is 0 Å². The van der Waals surface area contributed by atoms with Gasteiger partial charge in [-0.3, -0.25) is 0 Å². The van der Waals surface area contributed by atoms with Crippen LogP contribution in [0.5, 0.6) is 5.75 Å². The molecular weight excluding hydrogens is 291 g/mol. The molecule has 2 aromatic rings. The van der Waals surface area contributed by atoms with E-state index in [0.717, 1.165) is 0 Å². The molecule has 0 amide bonds. The number of benzene rings is 1. The number of carbonyl (C=O) groups is 1. The van der Waals surface area contributed by atoms with E-state index in [-0.39, 0.29) is 23.1 Å². The largest absolute Gasteiger partial charge is 0.484 e. The number of aromatic nitrogens is 2. The molecule has 0 atom stereocenters. The third-order valence-electron chi connectivity index (χ3n) is 2.19. The van der Waals surface area contributed by atoms with Crippen LogP contribution in [0.4, 0.5) is 0 Å². The van der Waals surface area contributed by atoms with Crippen LogP contribution in [-0.2, 0) is 6.61 Å². The molecule has 5 nitrogen and oxygen atoms in total. The molecule has 0 aliphatic heterocycles. The van der Waals surface area contributed by atoms with Crippen LogP contribution in [0, 0.1) is 0 Å². The van der Waals surface area contributed by atoms with Gasteiger partial charge in [-0.05, 0) is 12.1 Å². The first-order chi connectivity index (χ1) is 9.08. The first-order valence-electron chi connectivity index (χ1n) is 5.20. The third kappa shape index (κ3) is 3.33. The van der Waals surface area contributed by atoms with Crippen molar-refractivity contribution < 1.29 is 14.6 Å². The predicted molar refractivity (Wildman–Crippen MR) is 69.8 cm³/mol. The van der Waals surface area contributed by atoms with Crippen LogP contribution in [0.2, 0.25) is 10.0 Å². The van der Waals surface area contributed by atoms with E-state index in [1.54, 1.807) is 24.3 Å². The van der Waals surface area contributed by atoms with E-state index in [4.69, 9.17) is 33.0 Å². The number of hydrogen-bond donors (Lipinski definition) is 1.